The molecule has 0 aromatic carbocycles. The summed E-state index contributed by atoms with van der Waals surface area (Å²) in [7, 11) is 0. The number of aliphatic hydroxyl groups excluding tert-OH is 1. The van der Waals surface area contributed by atoms with Crippen LogP contribution in [0.15, 0.2) is 12.3 Å². The van der Waals surface area contributed by atoms with Gasteiger partial charge in [-0.25, -0.2) is 4.98 Å². The second-order valence-corrected chi connectivity index (χ2v) is 5.15. The van der Waals surface area contributed by atoms with E-state index < -0.39 is 0 Å². The van der Waals surface area contributed by atoms with Gasteiger partial charge in [0.2, 0.25) is 0 Å². The van der Waals surface area contributed by atoms with Crippen LogP contribution in [0, 0.1) is 18.3 Å². The second kappa shape index (κ2) is 6.53. The molecule has 0 bridgehead atoms. The molecule has 1 fully saturated rings. The lowest BCUT2D eigenvalue weighted by Gasteiger charge is -2.35. The molecular formula is C15H21N3O. The minimum atomic E-state index is 0.0942. The third-order valence-corrected chi connectivity index (χ3v) is 3.88. The molecule has 19 heavy (non-hydrogen) atoms. The first-order valence-corrected chi connectivity index (χ1v) is 7.01. The van der Waals surface area contributed by atoms with Crippen molar-refractivity contribution in [1.82, 2.24) is 4.98 Å². The SMILES string of the molecule is Cc1ccnc(N(CCO)C2CCCCC2)c1C#N. The summed E-state index contributed by atoms with van der Waals surface area (Å²) in [5.74, 6) is 0.739. The minimum Gasteiger partial charge on any atom is -0.395 e. The number of rotatable bonds is 4. The molecule has 4 nitrogen and oxygen atoms in total. The van der Waals surface area contributed by atoms with Crippen molar-refractivity contribution in [3.8, 4) is 6.07 Å². The van der Waals surface area contributed by atoms with Crippen LogP contribution in [0.1, 0.15) is 43.2 Å². The normalized spacial score (nSPS) is 16.1. The number of nitriles is 1. The number of nitrogens with zero attached hydrogens (tertiary/aromatic N) is 3. The lowest BCUT2D eigenvalue weighted by atomic mass is 9.93. The largest absolute Gasteiger partial charge is 0.395 e. The first-order valence-electron chi connectivity index (χ1n) is 7.01. The van der Waals surface area contributed by atoms with Gasteiger partial charge in [0.15, 0.2) is 0 Å². The fraction of sp³-hybridized carbons (Fsp3) is 0.600. The maximum Gasteiger partial charge on any atom is 0.147 e. The van der Waals surface area contributed by atoms with Gasteiger partial charge in [0.1, 0.15) is 11.9 Å². The number of hydrogen-bond donors (Lipinski definition) is 1. The Kier molecular flexibility index (Phi) is 4.75. The quantitative estimate of drug-likeness (QED) is 0.902. The van der Waals surface area contributed by atoms with Crippen molar-refractivity contribution in [3.63, 3.8) is 0 Å². The van der Waals surface area contributed by atoms with Gasteiger partial charge < -0.3 is 10.0 Å². The zero-order valence-electron chi connectivity index (χ0n) is 11.5. The monoisotopic (exact) mass is 259 g/mol. The molecule has 1 N–H and O–H groups in total. The smallest absolute Gasteiger partial charge is 0.147 e. The summed E-state index contributed by atoms with van der Waals surface area (Å²) in [6.07, 6.45) is 7.73. The highest BCUT2D eigenvalue weighted by atomic mass is 16.3. The van der Waals surface area contributed by atoms with E-state index in [9.17, 15) is 10.4 Å². The van der Waals surface area contributed by atoms with Crippen LogP contribution >= 0.6 is 0 Å². The number of pyridine rings is 1. The molecule has 1 aliphatic rings. The molecule has 0 aliphatic heterocycles. The van der Waals surface area contributed by atoms with E-state index in [0.717, 1.165) is 24.2 Å². The van der Waals surface area contributed by atoms with E-state index >= 15 is 0 Å². The van der Waals surface area contributed by atoms with E-state index in [-0.39, 0.29) is 6.61 Å². The number of aromatic nitrogens is 1. The molecule has 0 radical (unpaired) electrons. The molecule has 0 saturated heterocycles. The summed E-state index contributed by atoms with van der Waals surface area (Å²) in [5.41, 5.74) is 1.59. The topological polar surface area (TPSA) is 60.1 Å². The lowest BCUT2D eigenvalue weighted by Crippen LogP contribution is -2.40. The van der Waals surface area contributed by atoms with Crippen LogP contribution in [-0.4, -0.2) is 29.3 Å². The molecule has 0 spiro atoms. The summed E-state index contributed by atoms with van der Waals surface area (Å²) < 4.78 is 0. The minimum absolute atomic E-state index is 0.0942. The van der Waals surface area contributed by atoms with E-state index in [0.29, 0.717) is 18.2 Å². The van der Waals surface area contributed by atoms with Crippen molar-refractivity contribution in [1.29, 1.82) is 5.26 Å². The van der Waals surface area contributed by atoms with E-state index in [1.807, 2.05) is 13.0 Å². The molecule has 2 rings (SSSR count). The Morgan fingerprint density at radius 1 is 1.42 bits per heavy atom. The maximum absolute atomic E-state index is 9.34. The van der Waals surface area contributed by atoms with Crippen molar-refractivity contribution in [2.75, 3.05) is 18.1 Å². The Labute approximate surface area is 114 Å². The van der Waals surface area contributed by atoms with Gasteiger partial charge in [0.25, 0.3) is 0 Å². The van der Waals surface area contributed by atoms with E-state index in [4.69, 9.17) is 0 Å². The molecule has 0 atom stereocenters. The number of anilines is 1. The summed E-state index contributed by atoms with van der Waals surface area (Å²) in [6, 6.07) is 4.52. The van der Waals surface area contributed by atoms with Crippen LogP contribution in [-0.2, 0) is 0 Å². The highest BCUT2D eigenvalue weighted by Gasteiger charge is 2.24. The molecule has 1 aromatic rings. The Morgan fingerprint density at radius 2 is 2.16 bits per heavy atom. The average Bonchev–Trinajstić information content (AvgIpc) is 2.45. The fourth-order valence-corrected chi connectivity index (χ4v) is 2.86. The second-order valence-electron chi connectivity index (χ2n) is 5.15. The molecule has 0 amide bonds. The van der Waals surface area contributed by atoms with Crippen molar-refractivity contribution in [3.05, 3.63) is 23.4 Å². The molecule has 1 aromatic heterocycles. The van der Waals surface area contributed by atoms with Crippen LogP contribution in [0.5, 0.6) is 0 Å². The zero-order valence-corrected chi connectivity index (χ0v) is 11.5. The van der Waals surface area contributed by atoms with Crippen LogP contribution < -0.4 is 4.90 Å². The molecular weight excluding hydrogens is 238 g/mol. The van der Waals surface area contributed by atoms with Crippen LogP contribution in [0.4, 0.5) is 5.82 Å². The summed E-state index contributed by atoms with van der Waals surface area (Å²) in [4.78, 5) is 6.53. The van der Waals surface area contributed by atoms with Crippen LogP contribution in [0.2, 0.25) is 0 Å². The standard InChI is InChI=1S/C15H21N3O/c1-12-7-8-17-15(14(12)11-16)18(9-10-19)13-5-3-2-4-6-13/h7-8,13,19H,2-6,9-10H2,1H3. The molecule has 1 aliphatic carbocycles. The van der Waals surface area contributed by atoms with E-state index in [1.165, 1.54) is 19.3 Å². The summed E-state index contributed by atoms with van der Waals surface area (Å²) in [5, 5.41) is 18.6. The van der Waals surface area contributed by atoms with Gasteiger partial charge in [-0.3, -0.25) is 0 Å². The highest BCUT2D eigenvalue weighted by Crippen LogP contribution is 2.28. The molecule has 102 valence electrons. The fourth-order valence-electron chi connectivity index (χ4n) is 2.86. The molecule has 4 heteroatoms. The first kappa shape index (κ1) is 13.8. The number of aliphatic hydroxyl groups is 1. The summed E-state index contributed by atoms with van der Waals surface area (Å²) in [6.45, 7) is 2.58. The van der Waals surface area contributed by atoms with Gasteiger partial charge in [-0.05, 0) is 31.4 Å². The third kappa shape index (κ3) is 3.05. The van der Waals surface area contributed by atoms with Gasteiger partial charge in [-0.15, -0.1) is 0 Å². The van der Waals surface area contributed by atoms with Gasteiger partial charge in [-0.1, -0.05) is 19.3 Å². The summed E-state index contributed by atoms with van der Waals surface area (Å²) >= 11 is 0. The van der Waals surface area contributed by atoms with Gasteiger partial charge in [0.05, 0.1) is 12.2 Å². The van der Waals surface area contributed by atoms with Crippen molar-refractivity contribution < 1.29 is 5.11 Å². The van der Waals surface area contributed by atoms with Crippen LogP contribution in [0.3, 0.4) is 0 Å². The Balaban J connectivity index is 2.33. The Morgan fingerprint density at radius 3 is 2.79 bits per heavy atom. The zero-order chi connectivity index (χ0) is 13.7. The molecule has 1 heterocycles. The predicted molar refractivity (Wildman–Crippen MR) is 75.0 cm³/mol. The first-order chi connectivity index (χ1) is 9.27. The number of hydrogen-bond acceptors (Lipinski definition) is 4. The maximum atomic E-state index is 9.34. The van der Waals surface area contributed by atoms with Crippen molar-refractivity contribution in [2.24, 2.45) is 0 Å². The van der Waals surface area contributed by atoms with Gasteiger partial charge >= 0.3 is 0 Å². The molecule has 0 unspecified atom stereocenters. The lowest BCUT2D eigenvalue weighted by molar-refractivity contribution is 0.289. The van der Waals surface area contributed by atoms with Crippen molar-refractivity contribution in [2.45, 2.75) is 45.1 Å². The number of aryl methyl sites for hydroxylation is 1. The predicted octanol–water partition coefficient (Wildman–Crippen LogP) is 2.39. The van der Waals surface area contributed by atoms with Gasteiger partial charge in [0, 0.05) is 18.8 Å². The highest BCUT2D eigenvalue weighted by molar-refractivity contribution is 5.57. The van der Waals surface area contributed by atoms with Crippen LogP contribution in [0.25, 0.3) is 0 Å². The third-order valence-electron chi connectivity index (χ3n) is 3.88. The Bertz CT molecular complexity index is 461. The van der Waals surface area contributed by atoms with Crippen molar-refractivity contribution >= 4 is 5.82 Å². The Hall–Kier alpha value is -1.60. The van der Waals surface area contributed by atoms with Gasteiger partial charge in [-0.2, -0.15) is 5.26 Å². The van der Waals surface area contributed by atoms with E-state index in [1.54, 1.807) is 6.20 Å². The van der Waals surface area contributed by atoms with E-state index in [2.05, 4.69) is 16.0 Å². The average molecular weight is 259 g/mol. The molecule has 1 saturated carbocycles.